The molecule has 0 spiro atoms. The van der Waals surface area contributed by atoms with Gasteiger partial charge in [-0.15, -0.1) is 0 Å². The minimum Gasteiger partial charge on any atom is -0.497 e. The third-order valence-electron chi connectivity index (χ3n) is 3.32. The van der Waals surface area contributed by atoms with Crippen LogP contribution < -0.4 is 15.8 Å². The highest BCUT2D eigenvalue weighted by Crippen LogP contribution is 2.27. The predicted molar refractivity (Wildman–Crippen MR) is 81.7 cm³/mol. The van der Waals surface area contributed by atoms with Gasteiger partial charge < -0.3 is 15.8 Å². The molecule has 0 radical (unpaired) electrons. The van der Waals surface area contributed by atoms with Gasteiger partial charge in [0, 0.05) is 17.2 Å². The fourth-order valence-corrected chi connectivity index (χ4v) is 2.26. The first-order valence-electron chi connectivity index (χ1n) is 6.57. The Balaban J connectivity index is 2.19. The average molecular weight is 281 g/mol. The molecule has 0 saturated heterocycles. The molecule has 3 rings (SSSR count). The van der Waals surface area contributed by atoms with E-state index in [1.165, 1.54) is 0 Å². The first kappa shape index (κ1) is 13.3. The highest BCUT2D eigenvalue weighted by atomic mass is 16.5. The zero-order valence-electron chi connectivity index (χ0n) is 11.5. The Morgan fingerprint density at radius 1 is 1.19 bits per heavy atom. The van der Waals surface area contributed by atoms with Crippen LogP contribution in [-0.2, 0) is 4.79 Å². The van der Waals surface area contributed by atoms with Gasteiger partial charge in [0.15, 0.2) is 6.17 Å². The number of hydrogen-bond acceptors (Lipinski definition) is 4. The molecule has 106 valence electrons. The quantitative estimate of drug-likeness (QED) is 0.880. The molecule has 1 atom stereocenters. The van der Waals surface area contributed by atoms with E-state index in [9.17, 15) is 4.79 Å². The Labute approximate surface area is 122 Å². The Morgan fingerprint density at radius 2 is 1.95 bits per heavy atom. The van der Waals surface area contributed by atoms with Crippen molar-refractivity contribution in [1.29, 1.82) is 0 Å². The molecular formula is C16H15N3O2. The largest absolute Gasteiger partial charge is 0.497 e. The van der Waals surface area contributed by atoms with Gasteiger partial charge in [0.05, 0.1) is 18.5 Å². The number of fused-ring (bicyclic) bond motifs is 1. The van der Waals surface area contributed by atoms with Gasteiger partial charge >= 0.3 is 0 Å². The summed E-state index contributed by atoms with van der Waals surface area (Å²) in [6, 6.07) is 15.1. The fraction of sp³-hybridized carbons (Fsp3) is 0.125. The van der Waals surface area contributed by atoms with Crippen LogP contribution in [0.4, 0.5) is 5.69 Å². The molecule has 0 bridgehead atoms. The highest BCUT2D eigenvalue weighted by molar-refractivity contribution is 6.19. The van der Waals surface area contributed by atoms with E-state index in [4.69, 9.17) is 10.5 Å². The van der Waals surface area contributed by atoms with E-state index >= 15 is 0 Å². The van der Waals surface area contributed by atoms with E-state index in [0.29, 0.717) is 17.1 Å². The van der Waals surface area contributed by atoms with Gasteiger partial charge in [0.2, 0.25) is 0 Å². The number of anilines is 1. The van der Waals surface area contributed by atoms with E-state index in [1.54, 1.807) is 13.2 Å². The molecule has 1 aliphatic rings. The van der Waals surface area contributed by atoms with Crippen molar-refractivity contribution in [3.63, 3.8) is 0 Å². The lowest BCUT2D eigenvalue weighted by Crippen LogP contribution is -2.33. The zero-order chi connectivity index (χ0) is 14.8. The first-order chi connectivity index (χ1) is 10.2. The smallest absolute Gasteiger partial charge is 0.263 e. The SMILES string of the molecule is COc1ccc2c(c1)NC(=O)C(N)N=C2c1ccccc1. The van der Waals surface area contributed by atoms with Gasteiger partial charge in [-0.05, 0) is 12.1 Å². The minimum atomic E-state index is -0.932. The number of ether oxygens (including phenoxy) is 1. The Bertz CT molecular complexity index is 711. The number of rotatable bonds is 2. The van der Waals surface area contributed by atoms with Crippen molar-refractivity contribution >= 4 is 17.3 Å². The van der Waals surface area contributed by atoms with Crippen LogP contribution in [0.25, 0.3) is 0 Å². The van der Waals surface area contributed by atoms with E-state index < -0.39 is 6.17 Å². The molecule has 1 heterocycles. The summed E-state index contributed by atoms with van der Waals surface area (Å²) in [7, 11) is 1.58. The summed E-state index contributed by atoms with van der Waals surface area (Å²) in [6.45, 7) is 0. The second kappa shape index (κ2) is 5.38. The summed E-state index contributed by atoms with van der Waals surface area (Å²) < 4.78 is 5.20. The number of hydrogen-bond donors (Lipinski definition) is 2. The Hall–Kier alpha value is -2.66. The van der Waals surface area contributed by atoms with Crippen molar-refractivity contribution in [3.8, 4) is 5.75 Å². The average Bonchev–Trinajstić information content (AvgIpc) is 2.64. The predicted octanol–water partition coefficient (Wildman–Crippen LogP) is 1.77. The Kier molecular flexibility index (Phi) is 3.41. The summed E-state index contributed by atoms with van der Waals surface area (Å²) in [4.78, 5) is 16.3. The fourth-order valence-electron chi connectivity index (χ4n) is 2.26. The number of methoxy groups -OCH3 is 1. The van der Waals surface area contributed by atoms with Gasteiger partial charge in [-0.2, -0.15) is 0 Å². The van der Waals surface area contributed by atoms with Gasteiger partial charge in [-0.1, -0.05) is 30.3 Å². The maximum absolute atomic E-state index is 12.0. The maximum Gasteiger partial charge on any atom is 0.263 e. The molecule has 1 unspecified atom stereocenters. The summed E-state index contributed by atoms with van der Waals surface area (Å²) in [6.07, 6.45) is -0.932. The van der Waals surface area contributed by atoms with Gasteiger partial charge in [-0.25, -0.2) is 0 Å². The molecule has 21 heavy (non-hydrogen) atoms. The molecule has 0 fully saturated rings. The number of nitrogens with zero attached hydrogens (tertiary/aromatic N) is 1. The van der Waals surface area contributed by atoms with Crippen LogP contribution in [0.2, 0.25) is 0 Å². The van der Waals surface area contributed by atoms with Crippen LogP contribution in [0.15, 0.2) is 53.5 Å². The second-order valence-electron chi connectivity index (χ2n) is 4.69. The number of benzodiazepines with no additional fused rings is 1. The van der Waals surface area contributed by atoms with Crippen molar-refractivity contribution in [1.82, 2.24) is 0 Å². The minimum absolute atomic E-state index is 0.338. The van der Waals surface area contributed by atoms with Crippen molar-refractivity contribution in [2.24, 2.45) is 10.7 Å². The number of nitrogens with one attached hydrogen (secondary N) is 1. The highest BCUT2D eigenvalue weighted by Gasteiger charge is 2.23. The normalized spacial score (nSPS) is 17.3. The van der Waals surface area contributed by atoms with Gasteiger partial charge in [-0.3, -0.25) is 9.79 Å². The topological polar surface area (TPSA) is 76.7 Å². The molecule has 5 heteroatoms. The number of carbonyl (C=O) groups is 1. The van der Waals surface area contributed by atoms with Crippen molar-refractivity contribution in [2.75, 3.05) is 12.4 Å². The summed E-state index contributed by atoms with van der Waals surface area (Å²) in [5.41, 5.74) is 8.90. The molecule has 5 nitrogen and oxygen atoms in total. The second-order valence-corrected chi connectivity index (χ2v) is 4.69. The molecule has 0 aromatic heterocycles. The standard InChI is InChI=1S/C16H15N3O2/c1-21-11-7-8-12-13(9-11)18-16(20)15(17)19-14(12)10-5-3-2-4-6-10/h2-9,15H,17H2,1H3,(H,18,20). The van der Waals surface area contributed by atoms with Crippen LogP contribution >= 0.6 is 0 Å². The molecule has 0 saturated carbocycles. The molecule has 2 aromatic rings. The number of amides is 1. The number of nitrogens with two attached hydrogens (primary N) is 1. The summed E-state index contributed by atoms with van der Waals surface area (Å²) >= 11 is 0. The van der Waals surface area contributed by atoms with Crippen LogP contribution in [0, 0.1) is 0 Å². The third kappa shape index (κ3) is 2.51. The van der Waals surface area contributed by atoms with Crippen molar-refractivity contribution < 1.29 is 9.53 Å². The monoisotopic (exact) mass is 281 g/mol. The van der Waals surface area contributed by atoms with E-state index in [-0.39, 0.29) is 5.91 Å². The van der Waals surface area contributed by atoms with Crippen LogP contribution in [0.1, 0.15) is 11.1 Å². The molecular weight excluding hydrogens is 266 g/mol. The third-order valence-corrected chi connectivity index (χ3v) is 3.32. The summed E-state index contributed by atoms with van der Waals surface area (Å²) in [5.74, 6) is 0.326. The van der Waals surface area contributed by atoms with Crippen LogP contribution in [0.5, 0.6) is 5.75 Å². The Morgan fingerprint density at radius 3 is 2.67 bits per heavy atom. The van der Waals surface area contributed by atoms with E-state index in [2.05, 4.69) is 10.3 Å². The number of aliphatic imine (C=N–C) groups is 1. The summed E-state index contributed by atoms with van der Waals surface area (Å²) in [5, 5.41) is 2.79. The van der Waals surface area contributed by atoms with Crippen LogP contribution in [0.3, 0.4) is 0 Å². The lowest BCUT2D eigenvalue weighted by atomic mass is 10.0. The van der Waals surface area contributed by atoms with Gasteiger partial charge in [0.25, 0.3) is 5.91 Å². The molecule has 1 aliphatic heterocycles. The maximum atomic E-state index is 12.0. The lowest BCUT2D eigenvalue weighted by Gasteiger charge is -2.11. The first-order valence-corrected chi connectivity index (χ1v) is 6.57. The molecule has 0 aliphatic carbocycles. The molecule has 1 amide bonds. The van der Waals surface area contributed by atoms with Crippen molar-refractivity contribution in [2.45, 2.75) is 6.17 Å². The number of carbonyl (C=O) groups excluding carboxylic acids is 1. The van der Waals surface area contributed by atoms with E-state index in [1.807, 2.05) is 42.5 Å². The van der Waals surface area contributed by atoms with Crippen LogP contribution in [-0.4, -0.2) is 24.9 Å². The van der Waals surface area contributed by atoms with Crippen molar-refractivity contribution in [3.05, 3.63) is 59.7 Å². The number of benzene rings is 2. The van der Waals surface area contributed by atoms with Gasteiger partial charge in [0.1, 0.15) is 5.75 Å². The van der Waals surface area contributed by atoms with E-state index in [0.717, 1.165) is 11.1 Å². The zero-order valence-corrected chi connectivity index (χ0v) is 11.5. The molecule has 2 aromatic carbocycles. The lowest BCUT2D eigenvalue weighted by molar-refractivity contribution is -0.117. The molecule has 3 N–H and O–H groups in total.